The molecular weight excluding hydrogens is 345 g/mol. The van der Waals surface area contributed by atoms with Crippen molar-refractivity contribution in [1.29, 1.82) is 0 Å². The average Bonchev–Trinajstić information content (AvgIpc) is 2.48. The minimum Gasteiger partial charge on any atom is -0.482 e. The molecule has 0 spiro atoms. The van der Waals surface area contributed by atoms with Gasteiger partial charge in [0.25, 0.3) is 5.91 Å². The van der Waals surface area contributed by atoms with Gasteiger partial charge in [0, 0.05) is 12.6 Å². The van der Waals surface area contributed by atoms with Crippen LogP contribution in [0.4, 0.5) is 11.4 Å². The highest BCUT2D eigenvalue weighted by Gasteiger charge is 2.29. The maximum Gasteiger partial charge on any atom is 0.262 e. The second-order valence-corrected chi connectivity index (χ2v) is 5.57. The van der Waals surface area contributed by atoms with E-state index in [2.05, 4.69) is 16.0 Å². The maximum atomic E-state index is 12.3. The Morgan fingerprint density at radius 1 is 1.43 bits per heavy atom. The van der Waals surface area contributed by atoms with Gasteiger partial charge in [-0.1, -0.05) is 11.6 Å². The van der Waals surface area contributed by atoms with Gasteiger partial charge in [0.15, 0.2) is 6.61 Å². The number of carbonyl (C=O) groups excluding carboxylic acids is 2. The smallest absolute Gasteiger partial charge is 0.262 e. The van der Waals surface area contributed by atoms with E-state index in [0.717, 1.165) is 0 Å². The SMILES string of the molecule is C[C@H]1OCCN[C@@H]1C(=O)Nc1cc2c(cc1Cl)NC(=O)CO2.Cl. The highest BCUT2D eigenvalue weighted by atomic mass is 35.5. The zero-order chi connectivity index (χ0) is 15.7. The van der Waals surface area contributed by atoms with Crippen LogP contribution in [0.5, 0.6) is 5.75 Å². The molecule has 3 N–H and O–H groups in total. The zero-order valence-corrected chi connectivity index (χ0v) is 13.9. The van der Waals surface area contributed by atoms with Crippen LogP contribution in [0, 0.1) is 0 Å². The molecule has 0 unspecified atom stereocenters. The van der Waals surface area contributed by atoms with Gasteiger partial charge in [-0.15, -0.1) is 12.4 Å². The number of anilines is 2. The highest BCUT2D eigenvalue weighted by Crippen LogP contribution is 2.36. The molecule has 1 saturated heterocycles. The number of hydrogen-bond acceptors (Lipinski definition) is 5. The quantitative estimate of drug-likeness (QED) is 0.740. The van der Waals surface area contributed by atoms with Gasteiger partial charge in [0.2, 0.25) is 5.91 Å². The van der Waals surface area contributed by atoms with Crippen LogP contribution in [0.25, 0.3) is 0 Å². The lowest BCUT2D eigenvalue weighted by Gasteiger charge is -2.29. The Morgan fingerprint density at radius 2 is 2.22 bits per heavy atom. The van der Waals surface area contributed by atoms with E-state index < -0.39 is 6.04 Å². The van der Waals surface area contributed by atoms with Crippen molar-refractivity contribution in [3.63, 3.8) is 0 Å². The van der Waals surface area contributed by atoms with E-state index in [0.29, 0.717) is 35.3 Å². The number of benzene rings is 1. The van der Waals surface area contributed by atoms with Crippen LogP contribution in [0.2, 0.25) is 5.02 Å². The van der Waals surface area contributed by atoms with Crippen LogP contribution in [0.1, 0.15) is 6.92 Å². The summed E-state index contributed by atoms with van der Waals surface area (Å²) in [5.41, 5.74) is 0.924. The van der Waals surface area contributed by atoms with Crippen molar-refractivity contribution in [2.75, 3.05) is 30.4 Å². The third-order valence-corrected chi connectivity index (χ3v) is 3.87. The van der Waals surface area contributed by atoms with Gasteiger partial charge < -0.3 is 25.4 Å². The second-order valence-electron chi connectivity index (χ2n) is 5.16. The predicted octanol–water partition coefficient (Wildman–Crippen LogP) is 1.41. The van der Waals surface area contributed by atoms with E-state index >= 15 is 0 Å². The summed E-state index contributed by atoms with van der Waals surface area (Å²) in [4.78, 5) is 23.6. The van der Waals surface area contributed by atoms with Crippen molar-refractivity contribution >= 4 is 47.2 Å². The molecule has 2 aliphatic rings. The fourth-order valence-electron chi connectivity index (χ4n) is 2.43. The van der Waals surface area contributed by atoms with E-state index in [1.165, 1.54) is 0 Å². The van der Waals surface area contributed by atoms with Gasteiger partial charge in [-0.05, 0) is 13.0 Å². The maximum absolute atomic E-state index is 12.3. The van der Waals surface area contributed by atoms with Gasteiger partial charge in [-0.3, -0.25) is 9.59 Å². The Balaban J connectivity index is 0.00000192. The molecule has 0 aromatic heterocycles. The standard InChI is InChI=1S/C14H16ClN3O4.ClH/c1-7-13(16-2-3-21-7)14(20)18-9-5-11-10(4-8(9)15)17-12(19)6-22-11;/h4-5,7,13,16H,2-3,6H2,1H3,(H,17,19)(H,18,20);1H/t7-,13+;/m1./s1. The first-order valence-corrected chi connectivity index (χ1v) is 7.34. The van der Waals surface area contributed by atoms with Crippen molar-refractivity contribution in [2.45, 2.75) is 19.1 Å². The Bertz CT molecular complexity index is 626. The molecule has 2 aliphatic heterocycles. The summed E-state index contributed by atoms with van der Waals surface area (Å²) in [6.45, 7) is 2.98. The normalized spacial score (nSPS) is 23.0. The Morgan fingerprint density at radius 3 is 2.96 bits per heavy atom. The number of rotatable bonds is 2. The minimum absolute atomic E-state index is 0. The van der Waals surface area contributed by atoms with Gasteiger partial charge in [-0.25, -0.2) is 0 Å². The number of carbonyl (C=O) groups is 2. The summed E-state index contributed by atoms with van der Waals surface area (Å²) in [5.74, 6) is 0.00632. The number of morpholine rings is 1. The topological polar surface area (TPSA) is 88.7 Å². The number of nitrogens with one attached hydrogen (secondary N) is 3. The van der Waals surface area contributed by atoms with E-state index in [1.807, 2.05) is 6.92 Å². The molecule has 0 bridgehead atoms. The summed E-state index contributed by atoms with van der Waals surface area (Å²) < 4.78 is 10.8. The summed E-state index contributed by atoms with van der Waals surface area (Å²) in [7, 11) is 0. The number of fused-ring (bicyclic) bond motifs is 1. The molecule has 2 heterocycles. The predicted molar refractivity (Wildman–Crippen MR) is 88.7 cm³/mol. The molecule has 0 radical (unpaired) electrons. The first-order chi connectivity index (χ1) is 10.5. The molecule has 0 saturated carbocycles. The van der Waals surface area contributed by atoms with E-state index in [-0.39, 0.29) is 36.9 Å². The van der Waals surface area contributed by atoms with Crippen molar-refractivity contribution in [3.8, 4) is 5.75 Å². The van der Waals surface area contributed by atoms with E-state index in [4.69, 9.17) is 21.1 Å². The number of ether oxygens (including phenoxy) is 2. The second kappa shape index (κ2) is 7.35. The largest absolute Gasteiger partial charge is 0.482 e. The monoisotopic (exact) mass is 361 g/mol. The Hall–Kier alpha value is -1.54. The van der Waals surface area contributed by atoms with Gasteiger partial charge in [0.05, 0.1) is 29.1 Å². The van der Waals surface area contributed by atoms with Crippen LogP contribution < -0.4 is 20.7 Å². The fraction of sp³-hybridized carbons (Fsp3) is 0.429. The number of halogens is 2. The first-order valence-electron chi connectivity index (χ1n) is 6.96. The molecule has 2 amide bonds. The molecule has 1 aromatic carbocycles. The lowest BCUT2D eigenvalue weighted by molar-refractivity contribution is -0.123. The minimum atomic E-state index is -0.443. The molecule has 3 rings (SSSR count). The molecule has 126 valence electrons. The molecule has 9 heteroatoms. The van der Waals surface area contributed by atoms with Gasteiger partial charge in [-0.2, -0.15) is 0 Å². The van der Waals surface area contributed by atoms with Crippen molar-refractivity contribution < 1.29 is 19.1 Å². The molecule has 1 aromatic rings. The van der Waals surface area contributed by atoms with Crippen molar-refractivity contribution in [2.24, 2.45) is 0 Å². The summed E-state index contributed by atoms with van der Waals surface area (Å²) >= 11 is 6.16. The van der Waals surface area contributed by atoms with Crippen molar-refractivity contribution in [3.05, 3.63) is 17.2 Å². The van der Waals surface area contributed by atoms with Crippen LogP contribution in [-0.2, 0) is 14.3 Å². The fourth-order valence-corrected chi connectivity index (χ4v) is 2.64. The molecule has 2 atom stereocenters. The lowest BCUT2D eigenvalue weighted by Crippen LogP contribution is -2.53. The third kappa shape index (κ3) is 3.87. The van der Waals surface area contributed by atoms with Gasteiger partial charge in [0.1, 0.15) is 11.8 Å². The van der Waals surface area contributed by atoms with Crippen LogP contribution in [-0.4, -0.2) is 43.7 Å². The molecule has 23 heavy (non-hydrogen) atoms. The summed E-state index contributed by atoms with van der Waals surface area (Å²) in [5, 5.41) is 8.85. The lowest BCUT2D eigenvalue weighted by atomic mass is 10.1. The highest BCUT2D eigenvalue weighted by molar-refractivity contribution is 6.34. The Labute approximate surface area is 144 Å². The molecule has 0 aliphatic carbocycles. The number of amides is 2. The average molecular weight is 362 g/mol. The molecule has 1 fully saturated rings. The first kappa shape index (κ1) is 17.8. The van der Waals surface area contributed by atoms with E-state index in [9.17, 15) is 9.59 Å². The van der Waals surface area contributed by atoms with Gasteiger partial charge >= 0.3 is 0 Å². The Kier molecular flexibility index (Phi) is 5.69. The van der Waals surface area contributed by atoms with Crippen LogP contribution >= 0.6 is 24.0 Å². The van der Waals surface area contributed by atoms with Crippen LogP contribution in [0.15, 0.2) is 12.1 Å². The van der Waals surface area contributed by atoms with Crippen molar-refractivity contribution in [1.82, 2.24) is 5.32 Å². The summed E-state index contributed by atoms with van der Waals surface area (Å²) in [6, 6.07) is 2.71. The van der Waals surface area contributed by atoms with Crippen LogP contribution in [0.3, 0.4) is 0 Å². The van der Waals surface area contributed by atoms with E-state index in [1.54, 1.807) is 12.1 Å². The molecular formula is C14H17Cl2N3O4. The summed E-state index contributed by atoms with van der Waals surface area (Å²) in [6.07, 6.45) is -0.222. The number of hydrogen-bond donors (Lipinski definition) is 3. The third-order valence-electron chi connectivity index (χ3n) is 3.56. The zero-order valence-electron chi connectivity index (χ0n) is 12.3. The molecule has 7 nitrogen and oxygen atoms in total.